The van der Waals surface area contributed by atoms with Gasteiger partial charge in [0.2, 0.25) is 0 Å². The summed E-state index contributed by atoms with van der Waals surface area (Å²) in [4.78, 5) is 10.9. The Labute approximate surface area is 64.8 Å². The van der Waals surface area contributed by atoms with E-state index in [1.54, 1.807) is 0 Å². The zero-order valence-electron chi connectivity index (χ0n) is 6.36. The molecular formula is C7H12O4. The van der Waals surface area contributed by atoms with Gasteiger partial charge in [-0.1, -0.05) is 0 Å². The van der Waals surface area contributed by atoms with Crippen molar-refractivity contribution in [1.29, 1.82) is 0 Å². The van der Waals surface area contributed by atoms with E-state index in [2.05, 4.69) is 0 Å². The molecule has 1 rings (SSSR count). The van der Waals surface area contributed by atoms with Gasteiger partial charge in [-0.05, 0) is 0 Å². The van der Waals surface area contributed by atoms with E-state index in [0.717, 1.165) is 0 Å². The maximum absolute atomic E-state index is 10.9. The summed E-state index contributed by atoms with van der Waals surface area (Å²) in [6, 6.07) is 0. The minimum Gasteiger partial charge on any atom is -0.390 e. The first-order valence-corrected chi connectivity index (χ1v) is 3.56. The van der Waals surface area contributed by atoms with Gasteiger partial charge in [0.25, 0.3) is 0 Å². The summed E-state index contributed by atoms with van der Waals surface area (Å²) in [6.07, 6.45) is -1.95. The third-order valence-electron chi connectivity index (χ3n) is 1.97. The Morgan fingerprint density at radius 2 is 2.18 bits per heavy atom. The second-order valence-electron chi connectivity index (χ2n) is 2.76. The van der Waals surface area contributed by atoms with Gasteiger partial charge >= 0.3 is 0 Å². The molecule has 1 saturated carbocycles. The topological polar surface area (TPSA) is 66.8 Å². The van der Waals surface area contributed by atoms with Crippen molar-refractivity contribution >= 4 is 5.78 Å². The number of hydrogen-bond donors (Lipinski definition) is 2. The normalized spacial score (nSPS) is 39.2. The van der Waals surface area contributed by atoms with Crippen molar-refractivity contribution in [3.8, 4) is 0 Å². The number of hydrogen-bond acceptors (Lipinski definition) is 4. The average molecular weight is 160 g/mol. The molecule has 0 radical (unpaired) electrons. The van der Waals surface area contributed by atoms with Crippen LogP contribution in [0.15, 0.2) is 0 Å². The largest absolute Gasteiger partial charge is 0.390 e. The second kappa shape index (κ2) is 3.30. The van der Waals surface area contributed by atoms with Gasteiger partial charge < -0.3 is 14.9 Å². The summed E-state index contributed by atoms with van der Waals surface area (Å²) in [5.74, 6) is -0.248. The van der Waals surface area contributed by atoms with E-state index in [1.165, 1.54) is 7.11 Å². The van der Waals surface area contributed by atoms with Gasteiger partial charge in [-0.15, -0.1) is 0 Å². The standard InChI is InChI=1S/C7H12O4/c1-11-7-3-5(9)4(8)2-6(7)10/h4,6-8,10H,2-3H2,1H3/t4-,6+,7-/m0/s1. The Morgan fingerprint density at radius 3 is 2.73 bits per heavy atom. The quantitative estimate of drug-likeness (QED) is 0.521. The Hall–Kier alpha value is -0.450. The van der Waals surface area contributed by atoms with E-state index in [9.17, 15) is 9.90 Å². The molecule has 0 aromatic rings. The fourth-order valence-electron chi connectivity index (χ4n) is 1.22. The fourth-order valence-corrected chi connectivity index (χ4v) is 1.22. The third kappa shape index (κ3) is 1.77. The molecule has 1 fully saturated rings. The highest BCUT2D eigenvalue weighted by atomic mass is 16.5. The molecule has 4 nitrogen and oxygen atoms in total. The number of rotatable bonds is 1. The van der Waals surface area contributed by atoms with Crippen LogP contribution in [0.25, 0.3) is 0 Å². The van der Waals surface area contributed by atoms with Gasteiger partial charge in [0.15, 0.2) is 5.78 Å². The van der Waals surface area contributed by atoms with Crippen LogP contribution in [0.4, 0.5) is 0 Å². The van der Waals surface area contributed by atoms with Crippen LogP contribution in [0, 0.1) is 0 Å². The smallest absolute Gasteiger partial charge is 0.164 e. The molecule has 0 aromatic carbocycles. The predicted octanol–water partition coefficient (Wildman–Crippen LogP) is -0.914. The van der Waals surface area contributed by atoms with Crippen molar-refractivity contribution in [3.05, 3.63) is 0 Å². The molecule has 0 heterocycles. The van der Waals surface area contributed by atoms with Gasteiger partial charge in [-0.25, -0.2) is 0 Å². The van der Waals surface area contributed by atoms with E-state index < -0.39 is 18.3 Å². The Balaban J connectivity index is 2.54. The maximum atomic E-state index is 10.9. The van der Waals surface area contributed by atoms with E-state index in [-0.39, 0.29) is 18.6 Å². The van der Waals surface area contributed by atoms with Crippen LogP contribution >= 0.6 is 0 Å². The van der Waals surface area contributed by atoms with Crippen LogP contribution in [0.2, 0.25) is 0 Å². The molecule has 64 valence electrons. The van der Waals surface area contributed by atoms with Gasteiger partial charge in [-0.2, -0.15) is 0 Å². The molecule has 0 saturated heterocycles. The maximum Gasteiger partial charge on any atom is 0.164 e. The number of ketones is 1. The third-order valence-corrected chi connectivity index (χ3v) is 1.97. The minimum atomic E-state index is -1.00. The molecule has 0 spiro atoms. The van der Waals surface area contributed by atoms with E-state index in [4.69, 9.17) is 9.84 Å². The van der Waals surface area contributed by atoms with E-state index >= 15 is 0 Å². The lowest BCUT2D eigenvalue weighted by atomic mass is 9.91. The average Bonchev–Trinajstić information content (AvgIpc) is 1.97. The van der Waals surface area contributed by atoms with E-state index in [0.29, 0.717) is 0 Å². The first-order valence-electron chi connectivity index (χ1n) is 3.56. The second-order valence-corrected chi connectivity index (χ2v) is 2.76. The van der Waals surface area contributed by atoms with Crippen molar-refractivity contribution < 1.29 is 19.7 Å². The molecule has 0 aromatic heterocycles. The van der Waals surface area contributed by atoms with Crippen molar-refractivity contribution in [2.75, 3.05) is 7.11 Å². The molecule has 0 amide bonds. The Kier molecular flexibility index (Phi) is 2.59. The number of aliphatic hydroxyl groups is 2. The zero-order valence-corrected chi connectivity index (χ0v) is 6.36. The van der Waals surface area contributed by atoms with E-state index in [1.807, 2.05) is 0 Å². The Morgan fingerprint density at radius 1 is 1.55 bits per heavy atom. The number of ether oxygens (including phenoxy) is 1. The monoisotopic (exact) mass is 160 g/mol. The summed E-state index contributed by atoms with van der Waals surface area (Å²) in [5.41, 5.74) is 0. The van der Waals surface area contributed by atoms with Crippen LogP contribution in [0.1, 0.15) is 12.8 Å². The molecular weight excluding hydrogens is 148 g/mol. The summed E-state index contributed by atoms with van der Waals surface area (Å²) < 4.78 is 4.84. The summed E-state index contributed by atoms with van der Waals surface area (Å²) in [6.45, 7) is 0. The molecule has 2 N–H and O–H groups in total. The number of carbonyl (C=O) groups excluding carboxylic acids is 1. The van der Waals surface area contributed by atoms with Gasteiger partial charge in [0.05, 0.1) is 12.2 Å². The van der Waals surface area contributed by atoms with Crippen LogP contribution in [0.5, 0.6) is 0 Å². The van der Waals surface area contributed by atoms with Crippen molar-refractivity contribution in [2.45, 2.75) is 31.2 Å². The highest BCUT2D eigenvalue weighted by Gasteiger charge is 2.33. The highest BCUT2D eigenvalue weighted by Crippen LogP contribution is 2.18. The summed E-state index contributed by atoms with van der Waals surface area (Å²) in [7, 11) is 1.44. The molecule has 3 atom stereocenters. The lowest BCUT2D eigenvalue weighted by Crippen LogP contribution is -2.43. The molecule has 1 aliphatic rings. The highest BCUT2D eigenvalue weighted by molar-refractivity contribution is 5.84. The van der Waals surface area contributed by atoms with Crippen LogP contribution in [0.3, 0.4) is 0 Å². The first-order chi connectivity index (χ1) is 5.15. The van der Waals surface area contributed by atoms with Crippen molar-refractivity contribution in [1.82, 2.24) is 0 Å². The van der Waals surface area contributed by atoms with Crippen LogP contribution in [-0.4, -0.2) is 41.4 Å². The van der Waals surface area contributed by atoms with Gasteiger partial charge in [-0.3, -0.25) is 4.79 Å². The first kappa shape index (κ1) is 8.64. The SMILES string of the molecule is CO[C@H]1CC(=O)[C@@H](O)C[C@H]1O. The fraction of sp³-hybridized carbons (Fsp3) is 0.857. The predicted molar refractivity (Wildman–Crippen MR) is 37.1 cm³/mol. The van der Waals surface area contributed by atoms with Crippen molar-refractivity contribution in [2.24, 2.45) is 0 Å². The summed E-state index contributed by atoms with van der Waals surface area (Å²) in [5, 5.41) is 18.2. The lowest BCUT2D eigenvalue weighted by Gasteiger charge is -2.28. The van der Waals surface area contributed by atoms with Crippen LogP contribution < -0.4 is 0 Å². The number of carbonyl (C=O) groups is 1. The Bertz CT molecular complexity index is 157. The van der Waals surface area contributed by atoms with Gasteiger partial charge in [0.1, 0.15) is 6.10 Å². The molecule has 11 heavy (non-hydrogen) atoms. The van der Waals surface area contributed by atoms with Gasteiger partial charge in [0, 0.05) is 20.0 Å². The lowest BCUT2D eigenvalue weighted by molar-refractivity contribution is -0.142. The number of Topliss-reactive ketones (excluding diaryl/α,β-unsaturated/α-hetero) is 1. The molecule has 0 aliphatic heterocycles. The summed E-state index contributed by atoms with van der Waals surface area (Å²) >= 11 is 0. The molecule has 0 unspecified atom stereocenters. The number of methoxy groups -OCH3 is 1. The number of aliphatic hydroxyl groups excluding tert-OH is 2. The molecule has 4 heteroatoms. The minimum absolute atomic E-state index is 0.0946. The zero-order chi connectivity index (χ0) is 8.43. The molecule has 0 bridgehead atoms. The molecule has 1 aliphatic carbocycles. The van der Waals surface area contributed by atoms with Crippen molar-refractivity contribution in [3.63, 3.8) is 0 Å². The van der Waals surface area contributed by atoms with Crippen LogP contribution in [-0.2, 0) is 9.53 Å².